The van der Waals surface area contributed by atoms with E-state index in [1.54, 1.807) is 19.1 Å². The summed E-state index contributed by atoms with van der Waals surface area (Å²) in [6.45, 7) is 5.15. The quantitative estimate of drug-likeness (QED) is 0.595. The van der Waals surface area contributed by atoms with Crippen LogP contribution in [0.1, 0.15) is 29.3 Å². The van der Waals surface area contributed by atoms with Gasteiger partial charge < -0.3 is 5.32 Å². The number of Topliss-reactive ketones (excluding diaryl/α,β-unsaturated/α-hetero) is 1. The normalized spacial score (nSPS) is 10.3. The molecule has 1 aromatic rings. The Morgan fingerprint density at radius 2 is 2.20 bits per heavy atom. The molecule has 0 radical (unpaired) electrons. The van der Waals surface area contributed by atoms with E-state index in [-0.39, 0.29) is 11.6 Å². The van der Waals surface area contributed by atoms with Crippen LogP contribution in [0.15, 0.2) is 18.2 Å². The van der Waals surface area contributed by atoms with Crippen molar-refractivity contribution in [2.24, 2.45) is 0 Å². The molecule has 0 aliphatic carbocycles. The van der Waals surface area contributed by atoms with Crippen molar-refractivity contribution < 1.29 is 9.18 Å². The maximum atomic E-state index is 13.2. The first kappa shape index (κ1) is 11.9. The first-order chi connectivity index (χ1) is 7.15. The zero-order valence-corrected chi connectivity index (χ0v) is 9.14. The highest BCUT2D eigenvalue weighted by Crippen LogP contribution is 2.10. The molecule has 2 nitrogen and oxygen atoms in total. The van der Waals surface area contributed by atoms with Crippen molar-refractivity contribution in [2.75, 3.05) is 13.1 Å². The summed E-state index contributed by atoms with van der Waals surface area (Å²) < 4.78 is 13.2. The predicted octanol–water partition coefficient (Wildman–Crippen LogP) is 2.32. The van der Waals surface area contributed by atoms with Gasteiger partial charge in [0, 0.05) is 18.5 Å². The molecule has 1 aromatic carbocycles. The van der Waals surface area contributed by atoms with Gasteiger partial charge in [-0.3, -0.25) is 4.79 Å². The van der Waals surface area contributed by atoms with Crippen LogP contribution in [0.25, 0.3) is 0 Å². The summed E-state index contributed by atoms with van der Waals surface area (Å²) in [7, 11) is 0. The fourth-order valence-electron chi connectivity index (χ4n) is 1.29. The van der Waals surface area contributed by atoms with Crippen LogP contribution in [0.3, 0.4) is 0 Å². The molecule has 0 aromatic heterocycles. The highest BCUT2D eigenvalue weighted by molar-refractivity contribution is 5.96. The highest BCUT2D eigenvalue weighted by Gasteiger charge is 2.07. The van der Waals surface area contributed by atoms with E-state index in [0.717, 1.165) is 6.54 Å². The lowest BCUT2D eigenvalue weighted by Gasteiger charge is -2.03. The molecular weight excluding hydrogens is 193 g/mol. The minimum atomic E-state index is -0.315. The number of halogens is 1. The molecule has 0 unspecified atom stereocenters. The van der Waals surface area contributed by atoms with Gasteiger partial charge in [0.25, 0.3) is 0 Å². The molecule has 82 valence electrons. The Morgan fingerprint density at radius 1 is 1.47 bits per heavy atom. The molecule has 0 aliphatic heterocycles. The van der Waals surface area contributed by atoms with Gasteiger partial charge in [0.05, 0.1) is 0 Å². The van der Waals surface area contributed by atoms with E-state index in [0.29, 0.717) is 24.1 Å². The number of rotatable bonds is 5. The van der Waals surface area contributed by atoms with Crippen LogP contribution >= 0.6 is 0 Å². The number of aryl methyl sites for hydroxylation is 1. The average Bonchev–Trinajstić information content (AvgIpc) is 2.22. The van der Waals surface area contributed by atoms with Crippen molar-refractivity contribution in [3.63, 3.8) is 0 Å². The van der Waals surface area contributed by atoms with Crippen molar-refractivity contribution in [1.82, 2.24) is 5.32 Å². The maximum Gasteiger partial charge on any atom is 0.164 e. The summed E-state index contributed by atoms with van der Waals surface area (Å²) in [5.41, 5.74) is 1.02. The molecule has 0 heterocycles. The monoisotopic (exact) mass is 209 g/mol. The van der Waals surface area contributed by atoms with Gasteiger partial charge >= 0.3 is 0 Å². The molecule has 0 spiro atoms. The van der Waals surface area contributed by atoms with Gasteiger partial charge in [-0.25, -0.2) is 4.39 Å². The topological polar surface area (TPSA) is 29.1 Å². The summed E-state index contributed by atoms with van der Waals surface area (Å²) in [4.78, 5) is 11.6. The van der Waals surface area contributed by atoms with Gasteiger partial charge in [-0.05, 0) is 25.1 Å². The summed E-state index contributed by atoms with van der Waals surface area (Å²) >= 11 is 0. The number of carbonyl (C=O) groups is 1. The van der Waals surface area contributed by atoms with Crippen molar-refractivity contribution in [3.05, 3.63) is 35.1 Å². The Kier molecular flexibility index (Phi) is 4.43. The molecule has 0 fully saturated rings. The second-order valence-corrected chi connectivity index (χ2v) is 3.49. The van der Waals surface area contributed by atoms with Crippen LogP contribution in [0, 0.1) is 12.7 Å². The molecule has 0 bridgehead atoms. The molecule has 1 rings (SSSR count). The van der Waals surface area contributed by atoms with E-state index in [4.69, 9.17) is 0 Å². The van der Waals surface area contributed by atoms with E-state index in [1.807, 2.05) is 6.92 Å². The highest BCUT2D eigenvalue weighted by atomic mass is 19.1. The van der Waals surface area contributed by atoms with Gasteiger partial charge in [-0.2, -0.15) is 0 Å². The minimum absolute atomic E-state index is 0.0187. The molecule has 0 atom stereocenters. The third kappa shape index (κ3) is 3.44. The minimum Gasteiger partial charge on any atom is -0.317 e. The summed E-state index contributed by atoms with van der Waals surface area (Å²) in [5.74, 6) is -0.334. The van der Waals surface area contributed by atoms with Crippen LogP contribution in [0.2, 0.25) is 0 Å². The van der Waals surface area contributed by atoms with Crippen molar-refractivity contribution in [3.8, 4) is 0 Å². The fourth-order valence-corrected chi connectivity index (χ4v) is 1.29. The van der Waals surface area contributed by atoms with Crippen LogP contribution in [-0.4, -0.2) is 18.9 Å². The lowest BCUT2D eigenvalue weighted by molar-refractivity contribution is 0.0982. The SMILES string of the molecule is CCNCCC(=O)c1ccc(C)c(F)c1. The molecule has 0 saturated carbocycles. The number of carbonyl (C=O) groups excluding carboxylic acids is 1. The smallest absolute Gasteiger partial charge is 0.164 e. The first-order valence-corrected chi connectivity index (χ1v) is 5.15. The Bertz CT molecular complexity index is 349. The summed E-state index contributed by atoms with van der Waals surface area (Å²) in [6.07, 6.45) is 0.413. The lowest BCUT2D eigenvalue weighted by atomic mass is 10.1. The number of hydrogen-bond acceptors (Lipinski definition) is 2. The largest absolute Gasteiger partial charge is 0.317 e. The second-order valence-electron chi connectivity index (χ2n) is 3.49. The predicted molar refractivity (Wildman–Crippen MR) is 58.6 cm³/mol. The first-order valence-electron chi connectivity index (χ1n) is 5.15. The molecule has 0 amide bonds. The molecule has 0 aliphatic rings. The molecule has 1 N–H and O–H groups in total. The van der Waals surface area contributed by atoms with Crippen LogP contribution in [-0.2, 0) is 0 Å². The van der Waals surface area contributed by atoms with E-state index in [1.165, 1.54) is 6.07 Å². The van der Waals surface area contributed by atoms with E-state index < -0.39 is 0 Å². The van der Waals surface area contributed by atoms with Gasteiger partial charge in [0.2, 0.25) is 0 Å². The molecule has 3 heteroatoms. The van der Waals surface area contributed by atoms with Crippen LogP contribution in [0.4, 0.5) is 4.39 Å². The van der Waals surface area contributed by atoms with Gasteiger partial charge in [0.1, 0.15) is 5.82 Å². The van der Waals surface area contributed by atoms with Crippen molar-refractivity contribution in [2.45, 2.75) is 20.3 Å². The van der Waals surface area contributed by atoms with Crippen LogP contribution < -0.4 is 5.32 Å². The van der Waals surface area contributed by atoms with E-state index in [2.05, 4.69) is 5.32 Å². The van der Waals surface area contributed by atoms with Crippen LogP contribution in [0.5, 0.6) is 0 Å². The maximum absolute atomic E-state index is 13.2. The number of benzene rings is 1. The Morgan fingerprint density at radius 3 is 2.80 bits per heavy atom. The second kappa shape index (κ2) is 5.61. The zero-order chi connectivity index (χ0) is 11.3. The third-order valence-electron chi connectivity index (χ3n) is 2.27. The Labute approximate surface area is 89.5 Å². The van der Waals surface area contributed by atoms with Crippen molar-refractivity contribution >= 4 is 5.78 Å². The van der Waals surface area contributed by atoms with Gasteiger partial charge in [-0.1, -0.05) is 19.1 Å². The van der Waals surface area contributed by atoms with E-state index in [9.17, 15) is 9.18 Å². The van der Waals surface area contributed by atoms with Crippen molar-refractivity contribution in [1.29, 1.82) is 0 Å². The number of ketones is 1. The fraction of sp³-hybridized carbons (Fsp3) is 0.417. The summed E-state index contributed by atoms with van der Waals surface area (Å²) in [5, 5.41) is 3.06. The summed E-state index contributed by atoms with van der Waals surface area (Å²) in [6, 6.07) is 4.62. The molecule has 0 saturated heterocycles. The van der Waals surface area contributed by atoms with Gasteiger partial charge in [-0.15, -0.1) is 0 Å². The Hall–Kier alpha value is -1.22. The zero-order valence-electron chi connectivity index (χ0n) is 9.14. The Balaban J connectivity index is 2.62. The third-order valence-corrected chi connectivity index (χ3v) is 2.27. The molecular formula is C12H16FNO. The average molecular weight is 209 g/mol. The lowest BCUT2D eigenvalue weighted by Crippen LogP contribution is -2.17. The van der Waals surface area contributed by atoms with E-state index >= 15 is 0 Å². The standard InChI is InChI=1S/C12H16FNO/c1-3-14-7-6-12(15)10-5-4-9(2)11(13)8-10/h4-5,8,14H,3,6-7H2,1-2H3. The number of hydrogen-bond donors (Lipinski definition) is 1. The van der Waals surface area contributed by atoms with Gasteiger partial charge in [0.15, 0.2) is 5.78 Å². The molecule has 15 heavy (non-hydrogen) atoms. The number of nitrogens with one attached hydrogen (secondary N) is 1.